The predicted octanol–water partition coefficient (Wildman–Crippen LogP) is 3.56. The van der Waals surface area contributed by atoms with Gasteiger partial charge in [-0.15, -0.1) is 0 Å². The molecule has 0 aliphatic heterocycles. The maximum absolute atomic E-state index is 12.3. The molecular formula is C18H18ClN3O3. The van der Waals surface area contributed by atoms with Gasteiger partial charge >= 0.3 is 0 Å². The lowest BCUT2D eigenvalue weighted by Gasteiger charge is -2.13. The van der Waals surface area contributed by atoms with Crippen molar-refractivity contribution in [1.29, 1.82) is 5.26 Å². The number of aromatic hydroxyl groups is 1. The SMILES string of the molecule is CCCn1c(O)c(C=Nc2ccc(OC)c(Cl)c2)c(C)c(C#N)c1=O. The van der Waals surface area contributed by atoms with Gasteiger partial charge in [0, 0.05) is 12.8 Å². The first-order valence-corrected chi connectivity index (χ1v) is 8.06. The number of ether oxygens (including phenoxy) is 1. The highest BCUT2D eigenvalue weighted by molar-refractivity contribution is 6.32. The van der Waals surface area contributed by atoms with Crippen molar-refractivity contribution in [3.63, 3.8) is 0 Å². The molecule has 0 bridgehead atoms. The fraction of sp³-hybridized carbons (Fsp3) is 0.278. The fourth-order valence-corrected chi connectivity index (χ4v) is 2.68. The molecule has 1 aromatic carbocycles. The highest BCUT2D eigenvalue weighted by atomic mass is 35.5. The summed E-state index contributed by atoms with van der Waals surface area (Å²) in [5, 5.41) is 20.1. The Morgan fingerprint density at radius 1 is 1.48 bits per heavy atom. The van der Waals surface area contributed by atoms with Gasteiger partial charge in [0.1, 0.15) is 17.4 Å². The average Bonchev–Trinajstić information content (AvgIpc) is 2.59. The molecule has 1 aromatic heterocycles. The Labute approximate surface area is 150 Å². The third kappa shape index (κ3) is 3.67. The van der Waals surface area contributed by atoms with Gasteiger partial charge in [-0.2, -0.15) is 5.26 Å². The monoisotopic (exact) mass is 359 g/mol. The molecule has 0 radical (unpaired) electrons. The Morgan fingerprint density at radius 3 is 2.76 bits per heavy atom. The molecule has 0 fully saturated rings. The van der Waals surface area contributed by atoms with Crippen molar-refractivity contribution in [2.75, 3.05) is 7.11 Å². The second-order valence-corrected chi connectivity index (χ2v) is 5.79. The molecule has 0 aliphatic carbocycles. The van der Waals surface area contributed by atoms with Crippen LogP contribution in [-0.2, 0) is 6.54 Å². The van der Waals surface area contributed by atoms with Crippen molar-refractivity contribution in [2.45, 2.75) is 26.8 Å². The first kappa shape index (κ1) is 18.6. The molecule has 0 amide bonds. The second kappa shape index (κ2) is 7.86. The van der Waals surface area contributed by atoms with Gasteiger partial charge < -0.3 is 9.84 Å². The van der Waals surface area contributed by atoms with Crippen LogP contribution in [0.4, 0.5) is 5.69 Å². The molecule has 1 heterocycles. The first-order valence-electron chi connectivity index (χ1n) is 7.68. The number of hydrogen-bond donors (Lipinski definition) is 1. The standard InChI is InChI=1S/C18H18ClN3O3/c1-4-7-22-17(23)13(9-20)11(2)14(18(22)24)10-21-12-5-6-16(25-3)15(19)8-12/h5-6,8,10,24H,4,7H2,1-3H3. The van der Waals surface area contributed by atoms with Crippen LogP contribution in [0.15, 0.2) is 28.0 Å². The molecule has 0 atom stereocenters. The molecule has 130 valence electrons. The Bertz CT molecular complexity index is 927. The van der Waals surface area contributed by atoms with Gasteiger partial charge in [0.15, 0.2) is 0 Å². The minimum absolute atomic E-state index is 0.000429. The van der Waals surface area contributed by atoms with Crippen molar-refractivity contribution in [3.8, 4) is 17.7 Å². The van der Waals surface area contributed by atoms with Crippen molar-refractivity contribution in [2.24, 2.45) is 4.99 Å². The normalized spacial score (nSPS) is 10.8. The van der Waals surface area contributed by atoms with Gasteiger partial charge in [-0.05, 0) is 37.1 Å². The molecule has 25 heavy (non-hydrogen) atoms. The van der Waals surface area contributed by atoms with Crippen molar-refractivity contribution >= 4 is 23.5 Å². The molecular weight excluding hydrogens is 342 g/mol. The smallest absolute Gasteiger partial charge is 0.271 e. The quantitative estimate of drug-likeness (QED) is 0.827. The molecule has 0 saturated heterocycles. The number of halogens is 1. The van der Waals surface area contributed by atoms with Gasteiger partial charge in [-0.3, -0.25) is 14.4 Å². The zero-order valence-electron chi connectivity index (χ0n) is 14.2. The fourth-order valence-electron chi connectivity index (χ4n) is 2.43. The summed E-state index contributed by atoms with van der Waals surface area (Å²) in [6.07, 6.45) is 2.07. The predicted molar refractivity (Wildman–Crippen MR) is 97.4 cm³/mol. The van der Waals surface area contributed by atoms with E-state index in [1.165, 1.54) is 17.9 Å². The number of aliphatic imine (C=N–C) groups is 1. The molecule has 2 rings (SSSR count). The zero-order chi connectivity index (χ0) is 18.6. The number of hydrogen-bond acceptors (Lipinski definition) is 5. The number of benzene rings is 1. The molecule has 7 heteroatoms. The van der Waals surface area contributed by atoms with E-state index >= 15 is 0 Å². The summed E-state index contributed by atoms with van der Waals surface area (Å²) in [6, 6.07) is 6.92. The summed E-state index contributed by atoms with van der Waals surface area (Å²) in [6.45, 7) is 3.80. The summed E-state index contributed by atoms with van der Waals surface area (Å²) in [5.41, 5.74) is 0.776. The van der Waals surface area contributed by atoms with Crippen LogP contribution in [-0.4, -0.2) is 23.0 Å². The van der Waals surface area contributed by atoms with Crippen LogP contribution in [0.1, 0.15) is 30.0 Å². The maximum Gasteiger partial charge on any atom is 0.271 e. The van der Waals surface area contributed by atoms with Gasteiger partial charge in [-0.25, -0.2) is 0 Å². The summed E-state index contributed by atoms with van der Waals surface area (Å²) in [5.74, 6) is 0.328. The lowest BCUT2D eigenvalue weighted by atomic mass is 10.1. The number of nitriles is 1. The van der Waals surface area contributed by atoms with E-state index in [1.54, 1.807) is 25.1 Å². The van der Waals surface area contributed by atoms with Gasteiger partial charge in [0.05, 0.1) is 23.4 Å². The minimum Gasteiger partial charge on any atom is -0.495 e. The topological polar surface area (TPSA) is 87.6 Å². The van der Waals surface area contributed by atoms with Crippen LogP contribution >= 0.6 is 11.6 Å². The molecule has 0 spiro atoms. The summed E-state index contributed by atoms with van der Waals surface area (Å²) in [4.78, 5) is 16.6. The molecule has 6 nitrogen and oxygen atoms in total. The zero-order valence-corrected chi connectivity index (χ0v) is 15.0. The van der Waals surface area contributed by atoms with Crippen LogP contribution in [0, 0.1) is 18.3 Å². The third-order valence-electron chi connectivity index (χ3n) is 3.77. The van der Waals surface area contributed by atoms with Crippen molar-refractivity contribution in [3.05, 3.63) is 50.3 Å². The molecule has 0 unspecified atom stereocenters. The molecule has 1 N–H and O–H groups in total. The van der Waals surface area contributed by atoms with E-state index in [2.05, 4.69) is 4.99 Å². The van der Waals surface area contributed by atoms with Crippen molar-refractivity contribution < 1.29 is 9.84 Å². The molecule has 2 aromatic rings. The Hall–Kier alpha value is -2.78. The Kier molecular flexibility index (Phi) is 5.84. The first-order chi connectivity index (χ1) is 11.9. The van der Waals surface area contributed by atoms with E-state index in [-0.39, 0.29) is 11.4 Å². The van der Waals surface area contributed by atoms with Crippen LogP contribution in [0.2, 0.25) is 5.02 Å². The van der Waals surface area contributed by atoms with E-state index in [9.17, 15) is 15.2 Å². The average molecular weight is 360 g/mol. The number of pyridine rings is 1. The van der Waals surface area contributed by atoms with Crippen LogP contribution < -0.4 is 10.3 Å². The van der Waals surface area contributed by atoms with E-state index < -0.39 is 5.56 Å². The van der Waals surface area contributed by atoms with Crippen LogP contribution in [0.5, 0.6) is 11.6 Å². The minimum atomic E-state index is -0.496. The highest BCUT2D eigenvalue weighted by Crippen LogP contribution is 2.29. The lowest BCUT2D eigenvalue weighted by molar-refractivity contribution is 0.403. The Balaban J connectivity index is 2.55. The van der Waals surface area contributed by atoms with Crippen molar-refractivity contribution in [1.82, 2.24) is 4.57 Å². The van der Waals surface area contributed by atoms with E-state index in [0.717, 1.165) is 0 Å². The summed E-state index contributed by atoms with van der Waals surface area (Å²) in [7, 11) is 1.52. The molecule has 0 saturated carbocycles. The summed E-state index contributed by atoms with van der Waals surface area (Å²) >= 11 is 6.07. The third-order valence-corrected chi connectivity index (χ3v) is 4.07. The number of aromatic nitrogens is 1. The second-order valence-electron chi connectivity index (χ2n) is 5.38. The van der Waals surface area contributed by atoms with Gasteiger partial charge in [0.2, 0.25) is 5.88 Å². The van der Waals surface area contributed by atoms with Gasteiger partial charge in [0.25, 0.3) is 5.56 Å². The van der Waals surface area contributed by atoms with Crippen LogP contribution in [0.25, 0.3) is 0 Å². The largest absolute Gasteiger partial charge is 0.495 e. The van der Waals surface area contributed by atoms with E-state index in [1.807, 2.05) is 13.0 Å². The Morgan fingerprint density at radius 2 is 2.20 bits per heavy atom. The number of nitrogens with zero attached hydrogens (tertiary/aromatic N) is 3. The maximum atomic E-state index is 12.3. The van der Waals surface area contributed by atoms with E-state index in [4.69, 9.17) is 16.3 Å². The highest BCUT2D eigenvalue weighted by Gasteiger charge is 2.17. The number of methoxy groups -OCH3 is 1. The lowest BCUT2D eigenvalue weighted by Crippen LogP contribution is -2.25. The van der Waals surface area contributed by atoms with Crippen LogP contribution in [0.3, 0.4) is 0 Å². The van der Waals surface area contributed by atoms with E-state index in [0.29, 0.717) is 40.6 Å². The number of rotatable bonds is 5. The summed E-state index contributed by atoms with van der Waals surface area (Å²) < 4.78 is 6.28. The van der Waals surface area contributed by atoms with Gasteiger partial charge in [-0.1, -0.05) is 18.5 Å². The molecule has 0 aliphatic rings.